The molecule has 0 unspecified atom stereocenters. The molecule has 23 heavy (non-hydrogen) atoms. The first-order valence-corrected chi connectivity index (χ1v) is 8.16. The third-order valence-corrected chi connectivity index (χ3v) is 4.24. The van der Waals surface area contributed by atoms with Gasteiger partial charge in [-0.25, -0.2) is 4.68 Å². The number of amides is 1. The van der Waals surface area contributed by atoms with Crippen molar-refractivity contribution in [2.75, 3.05) is 6.61 Å². The molecule has 0 aromatic carbocycles. The van der Waals surface area contributed by atoms with Gasteiger partial charge < -0.3 is 10.1 Å². The van der Waals surface area contributed by atoms with Crippen LogP contribution in [0.5, 0.6) is 5.88 Å². The average molecular weight is 317 g/mol. The zero-order valence-corrected chi connectivity index (χ0v) is 13.9. The zero-order valence-electron chi connectivity index (χ0n) is 13.9. The summed E-state index contributed by atoms with van der Waals surface area (Å²) in [4.78, 5) is 12.5. The Morgan fingerprint density at radius 1 is 1.39 bits per heavy atom. The van der Waals surface area contributed by atoms with E-state index in [0.717, 1.165) is 42.8 Å². The highest BCUT2D eigenvalue weighted by Crippen LogP contribution is 2.22. The quantitative estimate of drug-likeness (QED) is 0.906. The van der Waals surface area contributed by atoms with Crippen LogP contribution >= 0.6 is 0 Å². The molecule has 1 amide bonds. The van der Waals surface area contributed by atoms with Crippen LogP contribution in [-0.4, -0.2) is 32.1 Å². The Bertz CT molecular complexity index is 716. The van der Waals surface area contributed by atoms with Crippen molar-refractivity contribution in [2.45, 2.75) is 46.2 Å². The minimum Gasteiger partial charge on any atom is -0.477 e. The van der Waals surface area contributed by atoms with Crippen LogP contribution in [0, 0.1) is 0 Å². The summed E-state index contributed by atoms with van der Waals surface area (Å²) < 4.78 is 9.24. The molecule has 0 aliphatic carbocycles. The summed E-state index contributed by atoms with van der Waals surface area (Å²) >= 11 is 0. The molecule has 1 aliphatic heterocycles. The van der Waals surface area contributed by atoms with Gasteiger partial charge in [0.15, 0.2) is 0 Å². The van der Waals surface area contributed by atoms with E-state index in [-0.39, 0.29) is 5.91 Å². The summed E-state index contributed by atoms with van der Waals surface area (Å²) in [5.41, 5.74) is 3.82. The highest BCUT2D eigenvalue weighted by atomic mass is 16.5. The van der Waals surface area contributed by atoms with Crippen molar-refractivity contribution in [3.8, 4) is 5.88 Å². The van der Waals surface area contributed by atoms with E-state index in [4.69, 9.17) is 4.74 Å². The van der Waals surface area contributed by atoms with Gasteiger partial charge >= 0.3 is 0 Å². The van der Waals surface area contributed by atoms with E-state index in [0.29, 0.717) is 24.6 Å². The van der Waals surface area contributed by atoms with Gasteiger partial charge in [-0.3, -0.25) is 9.48 Å². The fourth-order valence-corrected chi connectivity index (χ4v) is 3.08. The minimum absolute atomic E-state index is 0.152. The average Bonchev–Trinajstić information content (AvgIpc) is 3.13. The second-order valence-corrected chi connectivity index (χ2v) is 5.67. The first kappa shape index (κ1) is 15.6. The van der Waals surface area contributed by atoms with Crippen LogP contribution in [-0.2, 0) is 33.0 Å². The second kappa shape index (κ2) is 6.44. The summed E-state index contributed by atoms with van der Waals surface area (Å²) in [6.45, 7) is 6.09. The van der Waals surface area contributed by atoms with E-state index < -0.39 is 0 Å². The molecular weight excluding hydrogens is 294 g/mol. The van der Waals surface area contributed by atoms with Crippen LogP contribution in [0.4, 0.5) is 0 Å². The number of carbonyl (C=O) groups is 1. The van der Waals surface area contributed by atoms with Crippen molar-refractivity contribution >= 4 is 5.91 Å². The van der Waals surface area contributed by atoms with Crippen molar-refractivity contribution in [2.24, 2.45) is 7.05 Å². The van der Waals surface area contributed by atoms with Crippen molar-refractivity contribution in [1.29, 1.82) is 0 Å². The van der Waals surface area contributed by atoms with Crippen molar-refractivity contribution in [1.82, 2.24) is 24.9 Å². The maximum Gasteiger partial charge on any atom is 0.258 e. The topological polar surface area (TPSA) is 74.0 Å². The van der Waals surface area contributed by atoms with Gasteiger partial charge in [0.1, 0.15) is 5.56 Å². The van der Waals surface area contributed by atoms with E-state index in [1.165, 1.54) is 0 Å². The maximum absolute atomic E-state index is 12.5. The van der Waals surface area contributed by atoms with E-state index in [1.54, 1.807) is 10.9 Å². The number of hydrogen-bond acceptors (Lipinski definition) is 4. The summed E-state index contributed by atoms with van der Waals surface area (Å²) in [5, 5.41) is 11.7. The number of aryl methyl sites for hydroxylation is 3. The summed E-state index contributed by atoms with van der Waals surface area (Å²) in [6, 6.07) is 0. The highest BCUT2D eigenvalue weighted by molar-refractivity contribution is 5.96. The monoisotopic (exact) mass is 317 g/mol. The summed E-state index contributed by atoms with van der Waals surface area (Å²) in [5.74, 6) is 0.424. The number of fused-ring (bicyclic) bond motifs is 1. The molecule has 1 aliphatic rings. The second-order valence-electron chi connectivity index (χ2n) is 5.67. The van der Waals surface area contributed by atoms with Gasteiger partial charge in [-0.15, -0.1) is 0 Å². The third-order valence-electron chi connectivity index (χ3n) is 4.24. The van der Waals surface area contributed by atoms with Crippen molar-refractivity contribution < 1.29 is 9.53 Å². The number of ether oxygens (including phenoxy) is 1. The van der Waals surface area contributed by atoms with Crippen molar-refractivity contribution in [3.05, 3.63) is 28.7 Å². The fraction of sp³-hybridized carbons (Fsp3) is 0.562. The molecule has 0 atom stereocenters. The molecule has 2 aromatic heterocycles. The number of hydrogen-bond donors (Lipinski definition) is 1. The molecular formula is C16H23N5O2. The molecule has 124 valence electrons. The molecule has 0 fully saturated rings. The van der Waals surface area contributed by atoms with Gasteiger partial charge in [-0.1, -0.05) is 13.8 Å². The molecule has 7 heteroatoms. The summed E-state index contributed by atoms with van der Waals surface area (Å²) in [6.07, 6.45) is 4.25. The minimum atomic E-state index is -0.152. The van der Waals surface area contributed by atoms with Crippen LogP contribution in [0.3, 0.4) is 0 Å². The van der Waals surface area contributed by atoms with E-state index in [9.17, 15) is 4.79 Å². The first-order chi connectivity index (χ1) is 11.2. The molecule has 0 radical (unpaired) electrons. The highest BCUT2D eigenvalue weighted by Gasteiger charge is 2.22. The molecule has 1 N–H and O–H groups in total. The molecule has 0 saturated carbocycles. The molecule has 0 spiro atoms. The van der Waals surface area contributed by atoms with Gasteiger partial charge in [-0.2, -0.15) is 10.2 Å². The molecule has 7 nitrogen and oxygen atoms in total. The van der Waals surface area contributed by atoms with E-state index >= 15 is 0 Å². The largest absolute Gasteiger partial charge is 0.477 e. The Kier molecular flexibility index (Phi) is 4.36. The zero-order chi connectivity index (χ0) is 16.4. The predicted molar refractivity (Wildman–Crippen MR) is 85.5 cm³/mol. The van der Waals surface area contributed by atoms with Gasteiger partial charge in [-0.05, 0) is 12.8 Å². The Labute approximate surface area is 135 Å². The van der Waals surface area contributed by atoms with Crippen LogP contribution in [0.15, 0.2) is 6.20 Å². The van der Waals surface area contributed by atoms with Crippen LogP contribution in [0.25, 0.3) is 0 Å². The number of rotatable bonds is 5. The van der Waals surface area contributed by atoms with E-state index in [1.807, 2.05) is 11.7 Å². The third kappa shape index (κ3) is 2.83. The Hall–Kier alpha value is -2.31. The Balaban J connectivity index is 1.76. The first-order valence-electron chi connectivity index (χ1n) is 8.16. The van der Waals surface area contributed by atoms with Crippen LogP contribution in [0.2, 0.25) is 0 Å². The molecule has 0 saturated heterocycles. The summed E-state index contributed by atoms with van der Waals surface area (Å²) in [7, 11) is 1.95. The lowest BCUT2D eigenvalue weighted by molar-refractivity contribution is 0.0944. The lowest BCUT2D eigenvalue weighted by atomic mass is 10.1. The molecule has 0 bridgehead atoms. The number of carbonyl (C=O) groups excluding carboxylic acids is 1. The number of nitrogens with zero attached hydrogens (tertiary/aromatic N) is 4. The lowest BCUT2D eigenvalue weighted by Crippen LogP contribution is -2.25. The van der Waals surface area contributed by atoms with Gasteiger partial charge in [0.2, 0.25) is 5.88 Å². The molecule has 3 heterocycles. The fourth-order valence-electron chi connectivity index (χ4n) is 3.08. The SMILES string of the molecule is CCc1nn(C)c(CC)c1CNC(=O)c1cnn2c1OCCC2. The standard InChI is InChI=1S/C16H23N5O2/c1-4-13-11(14(5-2)20(3)19-13)9-17-15(22)12-10-18-21-7-6-8-23-16(12)21/h10H,4-9H2,1-3H3,(H,17,22). The lowest BCUT2D eigenvalue weighted by Gasteiger charge is -2.16. The smallest absolute Gasteiger partial charge is 0.258 e. The van der Waals surface area contributed by atoms with Crippen molar-refractivity contribution in [3.63, 3.8) is 0 Å². The van der Waals surface area contributed by atoms with Gasteiger partial charge in [0.25, 0.3) is 5.91 Å². The molecule has 2 aromatic rings. The normalized spacial score (nSPS) is 13.5. The van der Waals surface area contributed by atoms with Crippen LogP contribution in [0.1, 0.15) is 47.6 Å². The Morgan fingerprint density at radius 2 is 2.22 bits per heavy atom. The van der Waals surface area contributed by atoms with E-state index in [2.05, 4.69) is 29.4 Å². The Morgan fingerprint density at radius 3 is 2.96 bits per heavy atom. The predicted octanol–water partition coefficient (Wildman–Crippen LogP) is 1.45. The number of nitrogens with one attached hydrogen (secondary N) is 1. The van der Waals surface area contributed by atoms with Gasteiger partial charge in [0, 0.05) is 37.8 Å². The molecule has 3 rings (SSSR count). The maximum atomic E-state index is 12.5. The number of aromatic nitrogens is 4. The van der Waals surface area contributed by atoms with Gasteiger partial charge in [0.05, 0.1) is 18.5 Å². The van der Waals surface area contributed by atoms with Crippen LogP contribution < -0.4 is 10.1 Å².